The van der Waals surface area contributed by atoms with Crippen LogP contribution in [0.4, 0.5) is 10.5 Å². The molecule has 3 aliphatic rings. The van der Waals surface area contributed by atoms with Crippen LogP contribution in [0.25, 0.3) is 0 Å². The summed E-state index contributed by atoms with van der Waals surface area (Å²) in [5.41, 5.74) is 0.525. The smallest absolute Gasteiger partial charge is 0.416 e. The summed E-state index contributed by atoms with van der Waals surface area (Å²) in [5.74, 6) is -0.478. The average Bonchev–Trinajstić information content (AvgIpc) is 3.27. The lowest BCUT2D eigenvalue weighted by Crippen LogP contribution is -2.62. The lowest BCUT2D eigenvalue weighted by atomic mass is 9.60. The number of benzene rings is 1. The molecule has 7 nitrogen and oxygen atoms in total. The molecule has 0 radical (unpaired) electrons. The number of allylic oxidation sites excluding steroid dienone is 2. The number of amides is 3. The second-order valence-corrected chi connectivity index (χ2v) is 9.77. The third kappa shape index (κ3) is 3.13. The molecule has 1 unspecified atom stereocenters. The van der Waals surface area contributed by atoms with Crippen molar-refractivity contribution in [1.82, 2.24) is 10.2 Å². The van der Waals surface area contributed by atoms with Crippen LogP contribution in [0, 0.1) is 11.3 Å². The number of nitrogens with one attached hydrogen (secondary N) is 1. The van der Waals surface area contributed by atoms with Gasteiger partial charge in [0.05, 0.1) is 5.69 Å². The second kappa shape index (κ2) is 7.90. The molecule has 4 rings (SSSR count). The third-order valence-corrected chi connectivity index (χ3v) is 7.15. The van der Waals surface area contributed by atoms with Crippen LogP contribution in [-0.4, -0.2) is 41.6 Å². The minimum atomic E-state index is -0.747. The molecule has 1 aromatic rings. The number of piperazine rings is 1. The van der Waals surface area contributed by atoms with Gasteiger partial charge in [-0.15, -0.1) is 6.58 Å². The average molecular weight is 450 g/mol. The van der Waals surface area contributed by atoms with Crippen molar-refractivity contribution in [3.63, 3.8) is 0 Å². The third-order valence-electron chi connectivity index (χ3n) is 7.15. The highest BCUT2D eigenvalue weighted by molar-refractivity contribution is 6.07. The summed E-state index contributed by atoms with van der Waals surface area (Å²) >= 11 is 0. The number of carbonyl (C=O) groups excluding carboxylic acids is 3. The molecule has 3 atom stereocenters. The topological polar surface area (TPSA) is 79.0 Å². The minimum Gasteiger partial charge on any atom is -0.445 e. The molecular formula is C26H31N3O4. The Morgan fingerprint density at radius 2 is 2.00 bits per heavy atom. The van der Waals surface area contributed by atoms with Gasteiger partial charge >= 0.3 is 6.09 Å². The number of para-hydroxylation sites is 1. The number of hydrogen-bond donors (Lipinski definition) is 1. The van der Waals surface area contributed by atoms with E-state index >= 15 is 0 Å². The van der Waals surface area contributed by atoms with E-state index in [4.69, 9.17) is 4.74 Å². The standard InChI is InChI=1S/C26H31N3O4/c1-7-13-33-24(32)29-19-12-10-9-11-17(19)26(25(5,6)8-2)15-20-21(30)27-18(14-16(3)4)22(31)28(20)23(26)29/h7-12,14,16,20,23H,1-2,13,15H2,3-6H3,(H,27,30)/b18-14-/t20?,23-,26-/m1/s1. The van der Waals surface area contributed by atoms with Crippen LogP contribution in [0.3, 0.4) is 0 Å². The molecule has 3 amide bonds. The normalized spacial score (nSPS) is 27.2. The van der Waals surface area contributed by atoms with Crippen molar-refractivity contribution in [3.05, 3.63) is 66.9 Å². The predicted octanol–water partition coefficient (Wildman–Crippen LogP) is 3.88. The highest BCUT2D eigenvalue weighted by Gasteiger charge is 2.70. The minimum absolute atomic E-state index is 0.0401. The van der Waals surface area contributed by atoms with Crippen LogP contribution in [-0.2, 0) is 19.7 Å². The second-order valence-electron chi connectivity index (χ2n) is 9.77. The molecule has 0 spiro atoms. The van der Waals surface area contributed by atoms with Gasteiger partial charge in [0, 0.05) is 5.41 Å². The van der Waals surface area contributed by atoms with Crippen LogP contribution in [0.15, 0.2) is 61.3 Å². The number of ether oxygens (including phenoxy) is 1. The highest BCUT2D eigenvalue weighted by atomic mass is 16.6. The Hall–Kier alpha value is -3.35. The van der Waals surface area contributed by atoms with Gasteiger partial charge in [0.1, 0.15) is 24.5 Å². The van der Waals surface area contributed by atoms with E-state index < -0.39 is 29.1 Å². The number of carbonyl (C=O) groups is 3. The highest BCUT2D eigenvalue weighted by Crippen LogP contribution is 2.62. The van der Waals surface area contributed by atoms with Gasteiger partial charge in [-0.3, -0.25) is 14.5 Å². The van der Waals surface area contributed by atoms with Gasteiger partial charge in [-0.25, -0.2) is 4.79 Å². The zero-order valence-corrected chi connectivity index (χ0v) is 19.6. The lowest BCUT2D eigenvalue weighted by Gasteiger charge is -2.45. The van der Waals surface area contributed by atoms with E-state index in [0.717, 1.165) is 5.56 Å². The molecule has 0 saturated carbocycles. The molecule has 0 aromatic heterocycles. The van der Waals surface area contributed by atoms with E-state index in [1.165, 1.54) is 11.0 Å². The van der Waals surface area contributed by atoms with Crippen LogP contribution < -0.4 is 10.2 Å². The maximum absolute atomic E-state index is 13.7. The summed E-state index contributed by atoms with van der Waals surface area (Å²) < 4.78 is 5.45. The zero-order chi connectivity index (χ0) is 24.1. The summed E-state index contributed by atoms with van der Waals surface area (Å²) in [6, 6.07) is 6.89. The molecule has 1 N–H and O–H groups in total. The molecule has 33 heavy (non-hydrogen) atoms. The van der Waals surface area contributed by atoms with Crippen LogP contribution in [0.5, 0.6) is 0 Å². The Labute approximate surface area is 194 Å². The maximum atomic E-state index is 13.7. The van der Waals surface area contributed by atoms with Crippen LogP contribution in [0.1, 0.15) is 39.7 Å². The molecule has 1 aromatic carbocycles. The zero-order valence-electron chi connectivity index (χ0n) is 19.6. The molecule has 2 saturated heterocycles. The van der Waals surface area contributed by atoms with Gasteiger partial charge in [0.25, 0.3) is 5.91 Å². The first-order valence-electron chi connectivity index (χ1n) is 11.3. The molecule has 174 valence electrons. The predicted molar refractivity (Wildman–Crippen MR) is 126 cm³/mol. The summed E-state index contributed by atoms with van der Waals surface area (Å²) in [6.45, 7) is 15.7. The van der Waals surface area contributed by atoms with Gasteiger partial charge in [-0.1, -0.05) is 70.7 Å². The molecule has 0 aliphatic carbocycles. The van der Waals surface area contributed by atoms with Crippen molar-refractivity contribution in [2.45, 2.75) is 51.7 Å². The fourth-order valence-corrected chi connectivity index (χ4v) is 5.55. The van der Waals surface area contributed by atoms with Gasteiger partial charge in [-0.2, -0.15) is 0 Å². The van der Waals surface area contributed by atoms with E-state index in [2.05, 4.69) is 18.5 Å². The molecule has 7 heteroatoms. The SMILES string of the molecule is C=CCOC(=O)N1c2ccccc2[C@]2(C(C)(C)C=C)CC3C(=O)N/C(=C\C(C)C)C(=O)N3[C@H]12. The van der Waals surface area contributed by atoms with Gasteiger partial charge in [0.15, 0.2) is 0 Å². The summed E-state index contributed by atoms with van der Waals surface area (Å²) in [7, 11) is 0. The number of rotatable bonds is 5. The van der Waals surface area contributed by atoms with Crippen molar-refractivity contribution < 1.29 is 19.1 Å². The largest absolute Gasteiger partial charge is 0.445 e. The van der Waals surface area contributed by atoms with Gasteiger partial charge in [0.2, 0.25) is 5.91 Å². The first kappa shape index (κ1) is 22.8. The van der Waals surface area contributed by atoms with E-state index in [9.17, 15) is 14.4 Å². The number of hydrogen-bond acceptors (Lipinski definition) is 4. The van der Waals surface area contributed by atoms with Crippen molar-refractivity contribution >= 4 is 23.6 Å². The van der Waals surface area contributed by atoms with Crippen molar-refractivity contribution in [1.29, 1.82) is 0 Å². The van der Waals surface area contributed by atoms with Gasteiger partial charge in [-0.05, 0) is 29.4 Å². The molecule has 3 aliphatic heterocycles. The molecule has 2 fully saturated rings. The fraction of sp³-hybridized carbons (Fsp3) is 0.423. The quantitative estimate of drug-likeness (QED) is 0.547. The lowest BCUT2D eigenvalue weighted by molar-refractivity contribution is -0.142. The first-order valence-corrected chi connectivity index (χ1v) is 11.3. The van der Waals surface area contributed by atoms with Crippen molar-refractivity contribution in [3.8, 4) is 0 Å². The Balaban J connectivity index is 1.97. The maximum Gasteiger partial charge on any atom is 0.416 e. The van der Waals surface area contributed by atoms with Crippen LogP contribution in [0.2, 0.25) is 0 Å². The van der Waals surface area contributed by atoms with Crippen molar-refractivity contribution in [2.75, 3.05) is 11.5 Å². The Morgan fingerprint density at radius 3 is 2.64 bits per heavy atom. The van der Waals surface area contributed by atoms with E-state index in [1.54, 1.807) is 11.0 Å². The van der Waals surface area contributed by atoms with Crippen LogP contribution >= 0.6 is 0 Å². The summed E-state index contributed by atoms with van der Waals surface area (Å²) in [6.07, 6.45) is 4.15. The number of anilines is 1. The summed E-state index contributed by atoms with van der Waals surface area (Å²) in [4.78, 5) is 43.5. The molecule has 0 bridgehead atoms. The van der Waals surface area contributed by atoms with E-state index in [0.29, 0.717) is 12.1 Å². The van der Waals surface area contributed by atoms with E-state index in [-0.39, 0.29) is 30.0 Å². The summed E-state index contributed by atoms with van der Waals surface area (Å²) in [5, 5.41) is 2.80. The first-order chi connectivity index (χ1) is 15.6. The Morgan fingerprint density at radius 1 is 1.30 bits per heavy atom. The molecule has 3 heterocycles. The molecular weight excluding hydrogens is 418 g/mol. The van der Waals surface area contributed by atoms with E-state index in [1.807, 2.05) is 58.0 Å². The Kier molecular flexibility index (Phi) is 5.47. The monoisotopic (exact) mass is 449 g/mol. The van der Waals surface area contributed by atoms with Crippen molar-refractivity contribution in [2.24, 2.45) is 11.3 Å². The van der Waals surface area contributed by atoms with Gasteiger partial charge < -0.3 is 15.0 Å². The number of fused-ring (bicyclic) bond motifs is 5. The number of nitrogens with zero attached hydrogens (tertiary/aromatic N) is 2. The Bertz CT molecular complexity index is 1070. The fourth-order valence-electron chi connectivity index (χ4n) is 5.55.